The number of nitrogens with two attached hydrogens (primary N) is 1. The van der Waals surface area contributed by atoms with Crippen LogP contribution in [0.2, 0.25) is 0 Å². The van der Waals surface area contributed by atoms with Gasteiger partial charge in [0.1, 0.15) is 13.2 Å². The standard InChI is InChI=1S/C16H21BrN2O3/c1-9(19-16(20)10-3-2-4-13(10)18)11-7-14-15(8-12(11)17)22-6-5-21-14/h7-10,13H,2-6,18H2,1H3,(H,19,20)/t9-,10+,13-/m0/s1. The van der Waals surface area contributed by atoms with Gasteiger partial charge in [0.25, 0.3) is 0 Å². The predicted molar refractivity (Wildman–Crippen MR) is 87.0 cm³/mol. The van der Waals surface area contributed by atoms with Gasteiger partial charge in [0, 0.05) is 10.5 Å². The summed E-state index contributed by atoms with van der Waals surface area (Å²) in [6.45, 7) is 3.07. The lowest BCUT2D eigenvalue weighted by Gasteiger charge is -2.24. The first kappa shape index (κ1) is 15.6. The molecule has 120 valence electrons. The van der Waals surface area contributed by atoms with Crippen molar-refractivity contribution in [1.29, 1.82) is 0 Å². The number of benzene rings is 1. The molecule has 1 heterocycles. The number of halogens is 1. The number of hydrogen-bond acceptors (Lipinski definition) is 4. The fourth-order valence-electron chi connectivity index (χ4n) is 3.12. The van der Waals surface area contributed by atoms with Gasteiger partial charge >= 0.3 is 0 Å². The Labute approximate surface area is 138 Å². The average Bonchev–Trinajstić information content (AvgIpc) is 2.92. The van der Waals surface area contributed by atoms with Gasteiger partial charge in [-0.15, -0.1) is 0 Å². The van der Waals surface area contributed by atoms with Crippen molar-refractivity contribution in [2.45, 2.75) is 38.3 Å². The molecule has 22 heavy (non-hydrogen) atoms. The molecule has 0 saturated heterocycles. The van der Waals surface area contributed by atoms with E-state index >= 15 is 0 Å². The molecule has 6 heteroatoms. The molecule has 2 aliphatic rings. The summed E-state index contributed by atoms with van der Waals surface area (Å²) in [5, 5.41) is 3.07. The molecule has 1 saturated carbocycles. The predicted octanol–water partition coefficient (Wildman–Crippen LogP) is 2.52. The number of fused-ring (bicyclic) bond motifs is 1. The maximum absolute atomic E-state index is 12.4. The van der Waals surface area contributed by atoms with Crippen molar-refractivity contribution in [2.24, 2.45) is 11.7 Å². The second-order valence-corrected chi connectivity index (χ2v) is 6.80. The van der Waals surface area contributed by atoms with E-state index in [-0.39, 0.29) is 23.9 Å². The number of amides is 1. The maximum Gasteiger partial charge on any atom is 0.225 e. The molecular weight excluding hydrogens is 348 g/mol. The van der Waals surface area contributed by atoms with Gasteiger partial charge in [-0.25, -0.2) is 0 Å². The van der Waals surface area contributed by atoms with Crippen LogP contribution >= 0.6 is 15.9 Å². The Balaban J connectivity index is 1.74. The van der Waals surface area contributed by atoms with Crippen LogP contribution < -0.4 is 20.5 Å². The topological polar surface area (TPSA) is 73.6 Å². The minimum atomic E-state index is -0.120. The summed E-state index contributed by atoms with van der Waals surface area (Å²) < 4.78 is 12.1. The van der Waals surface area contributed by atoms with Gasteiger partial charge in [-0.05, 0) is 37.5 Å². The lowest BCUT2D eigenvalue weighted by atomic mass is 10.0. The number of ether oxygens (including phenoxy) is 2. The maximum atomic E-state index is 12.4. The van der Waals surface area contributed by atoms with Gasteiger partial charge in [0.2, 0.25) is 5.91 Å². The molecule has 1 amide bonds. The summed E-state index contributed by atoms with van der Waals surface area (Å²) in [5.41, 5.74) is 6.98. The summed E-state index contributed by atoms with van der Waals surface area (Å²) in [6.07, 6.45) is 2.84. The van der Waals surface area contributed by atoms with E-state index in [0.717, 1.165) is 40.8 Å². The van der Waals surface area contributed by atoms with Crippen LogP contribution in [-0.4, -0.2) is 25.2 Å². The SMILES string of the molecule is C[C@H](NC(=O)[C@@H]1CCC[C@@H]1N)c1cc2c(cc1Br)OCCO2. The minimum absolute atomic E-state index is 0.0177. The summed E-state index contributed by atoms with van der Waals surface area (Å²) in [4.78, 5) is 12.4. The van der Waals surface area contributed by atoms with Crippen molar-refractivity contribution < 1.29 is 14.3 Å². The van der Waals surface area contributed by atoms with Crippen LogP contribution in [0, 0.1) is 5.92 Å². The van der Waals surface area contributed by atoms with E-state index in [9.17, 15) is 4.79 Å². The van der Waals surface area contributed by atoms with Crippen LogP contribution in [0.4, 0.5) is 0 Å². The van der Waals surface area contributed by atoms with E-state index in [0.29, 0.717) is 13.2 Å². The smallest absolute Gasteiger partial charge is 0.225 e. The molecule has 3 atom stereocenters. The Morgan fingerprint density at radius 1 is 1.32 bits per heavy atom. The second-order valence-electron chi connectivity index (χ2n) is 5.95. The molecule has 0 unspecified atom stereocenters. The number of hydrogen-bond donors (Lipinski definition) is 2. The number of carbonyl (C=O) groups excluding carboxylic acids is 1. The van der Waals surface area contributed by atoms with E-state index in [4.69, 9.17) is 15.2 Å². The Kier molecular flexibility index (Phi) is 4.59. The molecular formula is C16H21BrN2O3. The summed E-state index contributed by atoms with van der Waals surface area (Å²) >= 11 is 3.55. The molecule has 0 bridgehead atoms. The fraction of sp³-hybridized carbons (Fsp3) is 0.562. The summed E-state index contributed by atoms with van der Waals surface area (Å²) in [7, 11) is 0. The first-order valence-corrected chi connectivity index (χ1v) is 8.50. The molecule has 3 rings (SSSR count). The second kappa shape index (κ2) is 6.46. The highest BCUT2D eigenvalue weighted by atomic mass is 79.9. The van der Waals surface area contributed by atoms with Gasteiger partial charge in [-0.1, -0.05) is 22.4 Å². The van der Waals surface area contributed by atoms with Crippen LogP contribution in [0.25, 0.3) is 0 Å². The zero-order chi connectivity index (χ0) is 15.7. The Morgan fingerprint density at radius 3 is 2.64 bits per heavy atom. The molecule has 1 aromatic rings. The number of rotatable bonds is 3. The Bertz CT molecular complexity index is 579. The van der Waals surface area contributed by atoms with Crippen LogP contribution in [0.1, 0.15) is 37.8 Å². The molecule has 1 aliphatic heterocycles. The number of carbonyl (C=O) groups is 1. The van der Waals surface area contributed by atoms with Crippen molar-refractivity contribution in [1.82, 2.24) is 5.32 Å². The minimum Gasteiger partial charge on any atom is -0.486 e. The highest BCUT2D eigenvalue weighted by Gasteiger charge is 2.31. The first-order chi connectivity index (χ1) is 10.6. The molecule has 1 fully saturated rings. The van der Waals surface area contributed by atoms with Crippen LogP contribution in [0.3, 0.4) is 0 Å². The molecule has 0 radical (unpaired) electrons. The quantitative estimate of drug-likeness (QED) is 0.859. The third kappa shape index (κ3) is 3.08. The van der Waals surface area contributed by atoms with Crippen molar-refractivity contribution in [3.05, 3.63) is 22.2 Å². The van der Waals surface area contributed by atoms with E-state index < -0.39 is 0 Å². The zero-order valence-electron chi connectivity index (χ0n) is 12.6. The summed E-state index contributed by atoms with van der Waals surface area (Å²) in [5.74, 6) is 1.43. The van der Waals surface area contributed by atoms with Crippen molar-refractivity contribution in [3.8, 4) is 11.5 Å². The molecule has 1 aliphatic carbocycles. The number of nitrogens with one attached hydrogen (secondary N) is 1. The fourth-order valence-corrected chi connectivity index (χ4v) is 3.79. The zero-order valence-corrected chi connectivity index (χ0v) is 14.2. The van der Waals surface area contributed by atoms with Gasteiger partial charge in [0.05, 0.1) is 12.0 Å². The third-order valence-corrected chi connectivity index (χ3v) is 5.08. The highest BCUT2D eigenvalue weighted by Crippen LogP contribution is 2.38. The van der Waals surface area contributed by atoms with Crippen molar-refractivity contribution >= 4 is 21.8 Å². The van der Waals surface area contributed by atoms with Crippen LogP contribution in [0.15, 0.2) is 16.6 Å². The van der Waals surface area contributed by atoms with E-state index in [1.54, 1.807) is 0 Å². The van der Waals surface area contributed by atoms with Gasteiger partial charge < -0.3 is 20.5 Å². The third-order valence-electron chi connectivity index (χ3n) is 4.39. The lowest BCUT2D eigenvalue weighted by molar-refractivity contribution is -0.125. The Morgan fingerprint density at radius 2 is 2.00 bits per heavy atom. The molecule has 1 aromatic carbocycles. The van der Waals surface area contributed by atoms with Crippen LogP contribution in [-0.2, 0) is 4.79 Å². The van der Waals surface area contributed by atoms with E-state index in [2.05, 4.69) is 21.2 Å². The van der Waals surface area contributed by atoms with Crippen molar-refractivity contribution in [3.63, 3.8) is 0 Å². The molecule has 5 nitrogen and oxygen atoms in total. The average molecular weight is 369 g/mol. The lowest BCUT2D eigenvalue weighted by Crippen LogP contribution is -2.39. The molecule has 3 N–H and O–H groups in total. The van der Waals surface area contributed by atoms with E-state index in [1.165, 1.54) is 0 Å². The van der Waals surface area contributed by atoms with Gasteiger partial charge in [-0.2, -0.15) is 0 Å². The normalized spacial score (nSPS) is 24.9. The Hall–Kier alpha value is -1.27. The highest BCUT2D eigenvalue weighted by molar-refractivity contribution is 9.10. The van der Waals surface area contributed by atoms with E-state index in [1.807, 2.05) is 19.1 Å². The first-order valence-electron chi connectivity index (χ1n) is 7.71. The largest absolute Gasteiger partial charge is 0.486 e. The van der Waals surface area contributed by atoms with Gasteiger partial charge in [-0.3, -0.25) is 4.79 Å². The molecule has 0 spiro atoms. The molecule has 0 aromatic heterocycles. The van der Waals surface area contributed by atoms with Crippen molar-refractivity contribution in [2.75, 3.05) is 13.2 Å². The monoisotopic (exact) mass is 368 g/mol. The summed E-state index contributed by atoms with van der Waals surface area (Å²) in [6, 6.07) is 3.69. The van der Waals surface area contributed by atoms with Crippen LogP contribution in [0.5, 0.6) is 11.5 Å². The van der Waals surface area contributed by atoms with Gasteiger partial charge in [0.15, 0.2) is 11.5 Å².